The fourth-order valence-electron chi connectivity index (χ4n) is 4.99. The van der Waals surface area contributed by atoms with E-state index in [4.69, 9.17) is 38.4 Å². The summed E-state index contributed by atoms with van der Waals surface area (Å²) in [4.78, 5) is 28.3. The van der Waals surface area contributed by atoms with Crippen LogP contribution in [-0.4, -0.2) is 86.1 Å². The first-order chi connectivity index (χ1) is 20.9. The molecule has 1 aliphatic heterocycles. The van der Waals surface area contributed by atoms with E-state index in [9.17, 15) is 4.79 Å². The molecule has 1 amide bonds. The van der Waals surface area contributed by atoms with Crippen LogP contribution in [0.1, 0.15) is 12.8 Å². The quantitative estimate of drug-likeness (QED) is 0.231. The number of benzene rings is 2. The zero-order valence-corrected chi connectivity index (χ0v) is 25.0. The van der Waals surface area contributed by atoms with Gasteiger partial charge in [-0.1, -0.05) is 0 Å². The summed E-state index contributed by atoms with van der Waals surface area (Å²) in [6, 6.07) is 7.07. The number of fused-ring (bicyclic) bond motifs is 1. The van der Waals surface area contributed by atoms with Crippen LogP contribution in [-0.2, 0) is 11.3 Å². The molecule has 1 aliphatic rings. The number of rotatable bonds is 13. The van der Waals surface area contributed by atoms with Gasteiger partial charge in [0.2, 0.25) is 23.4 Å². The van der Waals surface area contributed by atoms with Gasteiger partial charge >= 0.3 is 0 Å². The lowest BCUT2D eigenvalue weighted by Gasteiger charge is -2.17. The summed E-state index contributed by atoms with van der Waals surface area (Å²) in [7, 11) is 9.29. The second-order valence-electron chi connectivity index (χ2n) is 9.57. The summed E-state index contributed by atoms with van der Waals surface area (Å²) in [5, 5.41) is 6.59. The second-order valence-corrected chi connectivity index (χ2v) is 9.57. The summed E-state index contributed by atoms with van der Waals surface area (Å²) in [5.41, 5.74) is 2.36. The van der Waals surface area contributed by atoms with E-state index in [0.29, 0.717) is 82.4 Å². The van der Waals surface area contributed by atoms with Gasteiger partial charge in [-0.25, -0.2) is 4.98 Å². The molecule has 0 bridgehead atoms. The van der Waals surface area contributed by atoms with Gasteiger partial charge in [0, 0.05) is 61.7 Å². The Labute approximate surface area is 248 Å². The van der Waals surface area contributed by atoms with E-state index >= 15 is 0 Å². The first-order valence-electron chi connectivity index (χ1n) is 13.6. The van der Waals surface area contributed by atoms with Crippen molar-refractivity contribution in [3.05, 3.63) is 30.6 Å². The SMILES string of the molecule is COc1cc(Nc2nc(Nc3cc(OC)c(OC)c(OC)c3)c3ncn(CCN4CCCC4=O)c3n2)cc(OC)c1OC. The normalized spacial score (nSPS) is 12.8. The number of imidazole rings is 1. The van der Waals surface area contributed by atoms with E-state index in [1.165, 1.54) is 0 Å². The summed E-state index contributed by atoms with van der Waals surface area (Å²) >= 11 is 0. The zero-order valence-electron chi connectivity index (χ0n) is 25.0. The zero-order chi connectivity index (χ0) is 30.5. The van der Waals surface area contributed by atoms with Gasteiger partial charge in [0.15, 0.2) is 40.0 Å². The maximum atomic E-state index is 12.2. The lowest BCUT2D eigenvalue weighted by Crippen LogP contribution is -2.28. The van der Waals surface area contributed by atoms with Crippen molar-refractivity contribution in [2.45, 2.75) is 19.4 Å². The number of hydrogen-bond donors (Lipinski definition) is 2. The molecule has 43 heavy (non-hydrogen) atoms. The van der Waals surface area contributed by atoms with Crippen LogP contribution in [0.4, 0.5) is 23.1 Å². The molecule has 1 saturated heterocycles. The predicted molar refractivity (Wildman–Crippen MR) is 160 cm³/mol. The first kappa shape index (κ1) is 29.4. The number of likely N-dealkylation sites (tertiary alicyclic amines) is 1. The molecule has 0 saturated carbocycles. The molecule has 0 radical (unpaired) electrons. The van der Waals surface area contributed by atoms with E-state index in [0.717, 1.165) is 13.0 Å². The third-order valence-corrected chi connectivity index (χ3v) is 7.09. The smallest absolute Gasteiger partial charge is 0.231 e. The third-order valence-electron chi connectivity index (χ3n) is 7.09. The largest absolute Gasteiger partial charge is 0.493 e. The minimum absolute atomic E-state index is 0.161. The predicted octanol–water partition coefficient (Wildman–Crippen LogP) is 3.99. The van der Waals surface area contributed by atoms with Crippen LogP contribution in [0.2, 0.25) is 0 Å². The maximum absolute atomic E-state index is 12.2. The summed E-state index contributed by atoms with van der Waals surface area (Å²) in [6.45, 7) is 1.83. The van der Waals surface area contributed by atoms with E-state index in [2.05, 4.69) is 15.6 Å². The van der Waals surface area contributed by atoms with Gasteiger partial charge in [-0.05, 0) is 6.42 Å². The van der Waals surface area contributed by atoms with Gasteiger partial charge in [-0.2, -0.15) is 9.97 Å². The molecule has 2 aromatic heterocycles. The molecule has 228 valence electrons. The number of anilines is 4. The Morgan fingerprint density at radius 3 is 1.79 bits per heavy atom. The Morgan fingerprint density at radius 1 is 0.744 bits per heavy atom. The number of ether oxygens (including phenoxy) is 6. The Kier molecular flexibility index (Phi) is 8.74. The molecule has 0 aliphatic carbocycles. The monoisotopic (exact) mass is 593 g/mol. The molecule has 14 nitrogen and oxygen atoms in total. The molecule has 2 N–H and O–H groups in total. The van der Waals surface area contributed by atoms with E-state index < -0.39 is 0 Å². The van der Waals surface area contributed by atoms with Gasteiger partial charge < -0.3 is 48.5 Å². The molecule has 3 heterocycles. The van der Waals surface area contributed by atoms with Crippen LogP contribution in [0, 0.1) is 0 Å². The number of nitrogens with one attached hydrogen (secondary N) is 2. The molecular formula is C29H35N7O7. The molecular weight excluding hydrogens is 558 g/mol. The maximum Gasteiger partial charge on any atom is 0.231 e. The fraction of sp³-hybridized carbons (Fsp3) is 0.379. The highest BCUT2D eigenvalue weighted by Gasteiger charge is 2.22. The lowest BCUT2D eigenvalue weighted by atomic mass is 10.2. The van der Waals surface area contributed by atoms with E-state index in [-0.39, 0.29) is 11.9 Å². The van der Waals surface area contributed by atoms with Gasteiger partial charge in [-0.3, -0.25) is 4.79 Å². The molecule has 4 aromatic rings. The fourth-order valence-corrected chi connectivity index (χ4v) is 4.99. The van der Waals surface area contributed by atoms with E-state index in [1.54, 1.807) is 73.3 Å². The van der Waals surface area contributed by atoms with Crippen molar-refractivity contribution >= 4 is 40.2 Å². The second kappa shape index (κ2) is 12.8. The lowest BCUT2D eigenvalue weighted by molar-refractivity contribution is -0.127. The number of carbonyl (C=O) groups excluding carboxylic acids is 1. The van der Waals surface area contributed by atoms with Crippen LogP contribution >= 0.6 is 0 Å². The van der Waals surface area contributed by atoms with Crippen molar-refractivity contribution < 1.29 is 33.2 Å². The minimum Gasteiger partial charge on any atom is -0.493 e. The molecule has 0 unspecified atom stereocenters. The molecule has 5 rings (SSSR count). The number of methoxy groups -OCH3 is 6. The number of nitrogens with zero attached hydrogens (tertiary/aromatic N) is 5. The van der Waals surface area contributed by atoms with Crippen molar-refractivity contribution in [3.8, 4) is 34.5 Å². The Morgan fingerprint density at radius 2 is 1.30 bits per heavy atom. The summed E-state index contributed by atoms with van der Waals surface area (Å²) in [6.07, 6.45) is 3.15. The van der Waals surface area contributed by atoms with Gasteiger partial charge in [0.05, 0.1) is 49.0 Å². The molecule has 2 aromatic carbocycles. The third kappa shape index (κ3) is 5.94. The van der Waals surface area contributed by atoms with Crippen LogP contribution in [0.15, 0.2) is 30.6 Å². The van der Waals surface area contributed by atoms with Crippen molar-refractivity contribution in [1.82, 2.24) is 24.4 Å². The average Bonchev–Trinajstić information content (AvgIpc) is 3.64. The number of hydrogen-bond acceptors (Lipinski definition) is 12. The van der Waals surface area contributed by atoms with Crippen LogP contribution in [0.3, 0.4) is 0 Å². The van der Waals surface area contributed by atoms with Crippen molar-refractivity contribution in [3.63, 3.8) is 0 Å². The first-order valence-corrected chi connectivity index (χ1v) is 13.6. The molecule has 14 heteroatoms. The van der Waals surface area contributed by atoms with Crippen molar-refractivity contribution in [2.75, 3.05) is 66.4 Å². The number of aromatic nitrogens is 4. The molecule has 0 spiro atoms. The van der Waals surface area contributed by atoms with Crippen molar-refractivity contribution in [2.24, 2.45) is 0 Å². The highest BCUT2D eigenvalue weighted by molar-refractivity contribution is 5.87. The Hall–Kier alpha value is -5.14. The minimum atomic E-state index is 0.161. The van der Waals surface area contributed by atoms with Gasteiger partial charge in [-0.15, -0.1) is 0 Å². The summed E-state index contributed by atoms with van der Waals surface area (Å²) < 4.78 is 34.9. The van der Waals surface area contributed by atoms with Crippen LogP contribution in [0.5, 0.6) is 34.5 Å². The van der Waals surface area contributed by atoms with Crippen molar-refractivity contribution in [1.29, 1.82) is 0 Å². The Balaban J connectivity index is 1.56. The topological polar surface area (TPSA) is 143 Å². The highest BCUT2D eigenvalue weighted by atomic mass is 16.5. The van der Waals surface area contributed by atoms with Crippen LogP contribution in [0.25, 0.3) is 11.2 Å². The van der Waals surface area contributed by atoms with E-state index in [1.807, 2.05) is 9.47 Å². The molecule has 0 atom stereocenters. The number of amides is 1. The van der Waals surface area contributed by atoms with Gasteiger partial charge in [0.25, 0.3) is 0 Å². The van der Waals surface area contributed by atoms with Gasteiger partial charge in [0.1, 0.15) is 0 Å². The standard InChI is InChI=1S/C29H35N7O7/c1-38-19-12-17(13-20(39-2)25(19)42-5)31-27-24-28(36(16-30-24)11-10-35-9-7-8-23(35)37)34-29(33-27)32-18-14-21(40-3)26(43-6)22(15-18)41-4/h12-16H,7-11H2,1-6H3,(H2,31,32,33,34). The highest BCUT2D eigenvalue weighted by Crippen LogP contribution is 2.42. The average molecular weight is 594 g/mol. The summed E-state index contributed by atoms with van der Waals surface area (Å²) in [5.74, 6) is 3.72. The molecule has 1 fully saturated rings. The van der Waals surface area contributed by atoms with Crippen LogP contribution < -0.4 is 39.1 Å². The number of carbonyl (C=O) groups is 1. The Bertz CT molecular complexity index is 1570.